The predicted molar refractivity (Wildman–Crippen MR) is 118 cm³/mol. The van der Waals surface area contributed by atoms with Crippen molar-refractivity contribution < 1.29 is 9.53 Å². The minimum absolute atomic E-state index is 0.127. The van der Waals surface area contributed by atoms with Crippen LogP contribution in [0.15, 0.2) is 58.5 Å². The number of carbonyl (C=O) groups excluding carboxylic acids is 1. The largest absolute Gasteiger partial charge is 0.465 e. The van der Waals surface area contributed by atoms with E-state index in [1.54, 1.807) is 19.2 Å². The zero-order valence-electron chi connectivity index (χ0n) is 17.4. The van der Waals surface area contributed by atoms with E-state index >= 15 is 0 Å². The van der Waals surface area contributed by atoms with E-state index in [0.29, 0.717) is 23.1 Å². The lowest BCUT2D eigenvalue weighted by atomic mass is 10.1. The SMILES string of the molecule is COC(=O)c1ccccc1CSc1nnc(Cc2nn(C)c(=O)c3ccccc23)n1C. The molecule has 0 fully saturated rings. The van der Waals surface area contributed by atoms with E-state index in [1.807, 2.05) is 48.0 Å². The van der Waals surface area contributed by atoms with E-state index in [1.165, 1.54) is 23.6 Å². The van der Waals surface area contributed by atoms with Crippen molar-refractivity contribution in [1.82, 2.24) is 24.5 Å². The van der Waals surface area contributed by atoms with Crippen LogP contribution in [0.4, 0.5) is 0 Å². The van der Waals surface area contributed by atoms with E-state index in [0.717, 1.165) is 27.6 Å². The predicted octanol–water partition coefficient (Wildman–Crippen LogP) is 2.73. The van der Waals surface area contributed by atoms with Crippen molar-refractivity contribution in [3.8, 4) is 0 Å². The Bertz CT molecular complexity index is 1330. The molecule has 0 spiro atoms. The van der Waals surface area contributed by atoms with Crippen molar-refractivity contribution in [2.45, 2.75) is 17.3 Å². The molecule has 0 aliphatic rings. The Morgan fingerprint density at radius 3 is 2.52 bits per heavy atom. The van der Waals surface area contributed by atoms with Gasteiger partial charge in [-0.05, 0) is 17.7 Å². The molecule has 0 bridgehead atoms. The lowest BCUT2D eigenvalue weighted by molar-refractivity contribution is 0.0600. The van der Waals surface area contributed by atoms with Crippen LogP contribution in [0.5, 0.6) is 0 Å². The second-order valence-corrected chi connectivity index (χ2v) is 7.94. The van der Waals surface area contributed by atoms with E-state index < -0.39 is 0 Å². The molecule has 0 radical (unpaired) electrons. The first kappa shape index (κ1) is 20.8. The van der Waals surface area contributed by atoms with Crippen LogP contribution in [0.3, 0.4) is 0 Å². The zero-order chi connectivity index (χ0) is 22.0. The Kier molecular flexibility index (Phi) is 5.85. The van der Waals surface area contributed by atoms with Crippen LogP contribution >= 0.6 is 11.8 Å². The van der Waals surface area contributed by atoms with Gasteiger partial charge in [-0.2, -0.15) is 5.10 Å². The number of methoxy groups -OCH3 is 1. The minimum Gasteiger partial charge on any atom is -0.465 e. The molecule has 2 heterocycles. The number of hydrogen-bond acceptors (Lipinski definition) is 7. The molecule has 4 rings (SSSR count). The summed E-state index contributed by atoms with van der Waals surface area (Å²) in [5.41, 5.74) is 2.05. The second kappa shape index (κ2) is 8.73. The first-order chi connectivity index (χ1) is 15.0. The Morgan fingerprint density at radius 1 is 1.03 bits per heavy atom. The maximum Gasteiger partial charge on any atom is 0.338 e. The Labute approximate surface area is 182 Å². The number of aryl methyl sites for hydroxylation is 1. The number of esters is 1. The molecule has 31 heavy (non-hydrogen) atoms. The van der Waals surface area contributed by atoms with Crippen molar-refractivity contribution in [3.63, 3.8) is 0 Å². The molecule has 0 saturated heterocycles. The fourth-order valence-electron chi connectivity index (χ4n) is 3.38. The van der Waals surface area contributed by atoms with Gasteiger partial charge in [0.2, 0.25) is 0 Å². The molecule has 0 aliphatic carbocycles. The molecule has 0 saturated carbocycles. The summed E-state index contributed by atoms with van der Waals surface area (Å²) in [4.78, 5) is 24.3. The molecule has 0 amide bonds. The normalized spacial score (nSPS) is 11.1. The van der Waals surface area contributed by atoms with Crippen LogP contribution in [-0.2, 0) is 31.0 Å². The number of carbonyl (C=O) groups is 1. The highest BCUT2D eigenvalue weighted by Gasteiger charge is 2.16. The number of rotatable bonds is 6. The maximum absolute atomic E-state index is 12.4. The van der Waals surface area contributed by atoms with Crippen molar-refractivity contribution in [2.24, 2.45) is 14.1 Å². The van der Waals surface area contributed by atoms with E-state index in [-0.39, 0.29) is 11.5 Å². The van der Waals surface area contributed by atoms with Gasteiger partial charge in [0.15, 0.2) is 5.16 Å². The van der Waals surface area contributed by atoms with Crippen LogP contribution < -0.4 is 5.56 Å². The monoisotopic (exact) mass is 435 g/mol. The highest BCUT2D eigenvalue weighted by molar-refractivity contribution is 7.98. The summed E-state index contributed by atoms with van der Waals surface area (Å²) in [5.74, 6) is 0.931. The van der Waals surface area contributed by atoms with Crippen LogP contribution in [0.2, 0.25) is 0 Å². The van der Waals surface area contributed by atoms with Gasteiger partial charge in [-0.15, -0.1) is 10.2 Å². The van der Waals surface area contributed by atoms with Crippen molar-refractivity contribution in [2.75, 3.05) is 7.11 Å². The fourth-order valence-corrected chi connectivity index (χ4v) is 4.31. The van der Waals surface area contributed by atoms with Gasteiger partial charge in [-0.1, -0.05) is 48.2 Å². The molecule has 158 valence electrons. The minimum atomic E-state index is -0.359. The lowest BCUT2D eigenvalue weighted by Gasteiger charge is -2.09. The highest BCUT2D eigenvalue weighted by atomic mass is 32.2. The Hall–Kier alpha value is -3.46. The summed E-state index contributed by atoms with van der Waals surface area (Å²) in [5, 5.41) is 15.3. The number of ether oxygens (including phenoxy) is 1. The van der Waals surface area contributed by atoms with Crippen LogP contribution in [0, 0.1) is 0 Å². The average Bonchev–Trinajstić information content (AvgIpc) is 3.14. The van der Waals surface area contributed by atoms with Crippen molar-refractivity contribution in [3.05, 3.63) is 81.5 Å². The highest BCUT2D eigenvalue weighted by Crippen LogP contribution is 2.24. The Balaban J connectivity index is 1.58. The first-order valence-electron chi connectivity index (χ1n) is 9.61. The molecule has 0 atom stereocenters. The van der Waals surface area contributed by atoms with Gasteiger partial charge < -0.3 is 9.30 Å². The van der Waals surface area contributed by atoms with Crippen LogP contribution in [0.25, 0.3) is 10.8 Å². The lowest BCUT2D eigenvalue weighted by Crippen LogP contribution is -2.21. The standard InChI is InChI=1S/C22H21N5O3S/c1-26-19(12-18-16-10-6-7-11-17(16)20(28)27(2)25-18)23-24-22(26)31-13-14-8-4-5-9-15(14)21(29)30-3/h4-11H,12-13H2,1-3H3. The van der Waals surface area contributed by atoms with Gasteiger partial charge >= 0.3 is 5.97 Å². The van der Waals surface area contributed by atoms with Gasteiger partial charge in [0.05, 0.1) is 30.2 Å². The maximum atomic E-state index is 12.4. The number of aromatic nitrogens is 5. The van der Waals surface area contributed by atoms with E-state index in [2.05, 4.69) is 15.3 Å². The molecular weight excluding hydrogens is 414 g/mol. The topological polar surface area (TPSA) is 91.9 Å². The molecule has 0 unspecified atom stereocenters. The van der Waals surface area contributed by atoms with Crippen molar-refractivity contribution in [1.29, 1.82) is 0 Å². The van der Waals surface area contributed by atoms with Gasteiger partial charge in [0, 0.05) is 25.2 Å². The second-order valence-electron chi connectivity index (χ2n) is 6.99. The first-order valence-corrected chi connectivity index (χ1v) is 10.6. The summed E-state index contributed by atoms with van der Waals surface area (Å²) in [6, 6.07) is 14.8. The smallest absolute Gasteiger partial charge is 0.338 e. The molecule has 8 nitrogen and oxygen atoms in total. The summed E-state index contributed by atoms with van der Waals surface area (Å²) in [6.07, 6.45) is 0.442. The van der Waals surface area contributed by atoms with E-state index in [4.69, 9.17) is 4.74 Å². The number of nitrogens with zero attached hydrogens (tertiary/aromatic N) is 5. The number of fused-ring (bicyclic) bond motifs is 1. The molecule has 0 N–H and O–H groups in total. The quantitative estimate of drug-likeness (QED) is 0.340. The summed E-state index contributed by atoms with van der Waals surface area (Å²) in [6.45, 7) is 0. The van der Waals surface area contributed by atoms with E-state index in [9.17, 15) is 9.59 Å². The van der Waals surface area contributed by atoms with Gasteiger partial charge in [0.25, 0.3) is 5.56 Å². The fraction of sp³-hybridized carbons (Fsp3) is 0.227. The number of benzene rings is 2. The zero-order valence-corrected chi connectivity index (χ0v) is 18.2. The van der Waals surface area contributed by atoms with Crippen molar-refractivity contribution >= 4 is 28.5 Å². The molecule has 2 aromatic heterocycles. The molecule has 9 heteroatoms. The van der Waals surface area contributed by atoms with Gasteiger partial charge in [0.1, 0.15) is 5.82 Å². The molecule has 2 aromatic carbocycles. The number of hydrogen-bond donors (Lipinski definition) is 0. The molecule has 0 aliphatic heterocycles. The number of thioether (sulfide) groups is 1. The third-order valence-corrected chi connectivity index (χ3v) is 6.13. The summed E-state index contributed by atoms with van der Waals surface area (Å²) < 4.78 is 8.13. The molecular formula is C22H21N5O3S. The average molecular weight is 436 g/mol. The van der Waals surface area contributed by atoms with Gasteiger partial charge in [-0.3, -0.25) is 4.79 Å². The molecule has 4 aromatic rings. The third kappa shape index (κ3) is 4.09. The summed E-state index contributed by atoms with van der Waals surface area (Å²) in [7, 11) is 4.92. The Morgan fingerprint density at radius 2 is 1.74 bits per heavy atom. The summed E-state index contributed by atoms with van der Waals surface area (Å²) >= 11 is 1.49. The van der Waals surface area contributed by atoms with Crippen LogP contribution in [0.1, 0.15) is 27.4 Å². The van der Waals surface area contributed by atoms with Gasteiger partial charge in [-0.25, -0.2) is 9.48 Å². The third-order valence-electron chi connectivity index (χ3n) is 5.06. The van der Waals surface area contributed by atoms with Crippen LogP contribution in [-0.4, -0.2) is 37.6 Å².